The van der Waals surface area contributed by atoms with Gasteiger partial charge in [0.05, 0.1) is 12.0 Å². The summed E-state index contributed by atoms with van der Waals surface area (Å²) in [6.07, 6.45) is 4.64. The van der Waals surface area contributed by atoms with Gasteiger partial charge in [-0.2, -0.15) is 4.31 Å². The van der Waals surface area contributed by atoms with E-state index >= 15 is 0 Å². The Hall–Kier alpha value is -2.58. The van der Waals surface area contributed by atoms with Crippen molar-refractivity contribution in [3.8, 4) is 11.5 Å². The van der Waals surface area contributed by atoms with Crippen LogP contribution in [0.15, 0.2) is 53.4 Å². The van der Waals surface area contributed by atoms with Crippen molar-refractivity contribution in [1.82, 2.24) is 9.62 Å². The van der Waals surface area contributed by atoms with Crippen LogP contribution in [-0.4, -0.2) is 52.0 Å². The molecule has 1 fully saturated rings. The first-order valence-electron chi connectivity index (χ1n) is 10.6. The summed E-state index contributed by atoms with van der Waals surface area (Å²) in [5.41, 5.74) is 1.10. The number of amides is 1. The zero-order chi connectivity index (χ0) is 22.1. The van der Waals surface area contributed by atoms with Crippen molar-refractivity contribution in [2.24, 2.45) is 0 Å². The fraction of sp³-hybridized carbons (Fsp3) is 0.435. The number of rotatable bonds is 9. The number of methoxy groups -OCH3 is 1. The summed E-state index contributed by atoms with van der Waals surface area (Å²) in [5, 5.41) is 2.82. The highest BCUT2D eigenvalue weighted by molar-refractivity contribution is 7.89. The molecule has 0 aromatic heterocycles. The van der Waals surface area contributed by atoms with E-state index in [0.29, 0.717) is 31.8 Å². The van der Waals surface area contributed by atoms with Gasteiger partial charge in [-0.25, -0.2) is 8.42 Å². The highest BCUT2D eigenvalue weighted by atomic mass is 32.2. The topological polar surface area (TPSA) is 84.9 Å². The summed E-state index contributed by atoms with van der Waals surface area (Å²) in [4.78, 5) is 12.3. The number of nitrogens with zero attached hydrogens (tertiary/aromatic N) is 1. The zero-order valence-electron chi connectivity index (χ0n) is 17.9. The van der Waals surface area contributed by atoms with Gasteiger partial charge in [-0.3, -0.25) is 4.79 Å². The number of nitrogens with one attached hydrogen (secondary N) is 1. The minimum Gasteiger partial charge on any atom is -0.497 e. The van der Waals surface area contributed by atoms with Crippen LogP contribution in [0.25, 0.3) is 0 Å². The Morgan fingerprint density at radius 1 is 0.935 bits per heavy atom. The van der Waals surface area contributed by atoms with Gasteiger partial charge in [0.1, 0.15) is 11.5 Å². The minimum absolute atomic E-state index is 0.124. The quantitative estimate of drug-likeness (QED) is 0.640. The van der Waals surface area contributed by atoms with Gasteiger partial charge in [0.2, 0.25) is 10.0 Å². The number of benzene rings is 2. The summed E-state index contributed by atoms with van der Waals surface area (Å²) in [6.45, 7) is 1.51. The van der Waals surface area contributed by atoms with Crippen LogP contribution in [0.2, 0.25) is 0 Å². The van der Waals surface area contributed by atoms with Gasteiger partial charge < -0.3 is 14.8 Å². The van der Waals surface area contributed by atoms with E-state index in [2.05, 4.69) is 5.32 Å². The molecule has 0 atom stereocenters. The van der Waals surface area contributed by atoms with Crippen LogP contribution < -0.4 is 14.8 Å². The van der Waals surface area contributed by atoms with Gasteiger partial charge in [-0.1, -0.05) is 25.0 Å². The molecule has 1 amide bonds. The number of hydrogen-bond acceptors (Lipinski definition) is 5. The Kier molecular flexibility index (Phi) is 8.31. The summed E-state index contributed by atoms with van der Waals surface area (Å²) < 4.78 is 37.8. The predicted octanol–water partition coefficient (Wildman–Crippen LogP) is 3.00. The molecule has 0 spiro atoms. The van der Waals surface area contributed by atoms with Crippen LogP contribution in [0.1, 0.15) is 31.2 Å². The molecule has 0 aliphatic carbocycles. The molecular formula is C23H30N2O5S. The normalized spacial score (nSPS) is 15.1. The second kappa shape index (κ2) is 11.2. The van der Waals surface area contributed by atoms with E-state index in [4.69, 9.17) is 9.47 Å². The SMILES string of the molecule is COc1ccc(CCNC(=O)COc2ccc(S(=O)(=O)N3CCCCCC3)cc2)cc1. The average Bonchev–Trinajstić information content (AvgIpc) is 3.09. The van der Waals surface area contributed by atoms with E-state index in [1.54, 1.807) is 23.5 Å². The molecule has 1 N–H and O–H groups in total. The molecule has 0 unspecified atom stereocenters. The van der Waals surface area contributed by atoms with Crippen molar-refractivity contribution in [1.29, 1.82) is 0 Å². The molecule has 2 aromatic carbocycles. The standard InChI is InChI=1S/C23H30N2O5S/c1-29-20-8-6-19(7-9-20)14-15-24-23(26)18-30-21-10-12-22(13-11-21)31(27,28)25-16-4-2-3-5-17-25/h6-13H,2-5,14-18H2,1H3,(H,24,26). The number of ether oxygens (including phenoxy) is 2. The third kappa shape index (κ3) is 6.70. The van der Waals surface area contributed by atoms with E-state index in [1.165, 1.54) is 12.1 Å². The number of sulfonamides is 1. The maximum Gasteiger partial charge on any atom is 0.257 e. The lowest BCUT2D eigenvalue weighted by Crippen LogP contribution is -2.32. The molecular weight excluding hydrogens is 416 g/mol. The summed E-state index contributed by atoms with van der Waals surface area (Å²) in [5.74, 6) is 1.03. The van der Waals surface area contributed by atoms with Crippen molar-refractivity contribution in [2.45, 2.75) is 37.0 Å². The predicted molar refractivity (Wildman–Crippen MR) is 119 cm³/mol. The Bertz CT molecular complexity index is 935. The molecule has 8 heteroatoms. The van der Waals surface area contributed by atoms with E-state index < -0.39 is 10.0 Å². The number of hydrogen-bond donors (Lipinski definition) is 1. The van der Waals surface area contributed by atoms with Gasteiger partial charge in [-0.15, -0.1) is 0 Å². The van der Waals surface area contributed by atoms with Crippen molar-refractivity contribution < 1.29 is 22.7 Å². The zero-order valence-corrected chi connectivity index (χ0v) is 18.7. The molecule has 0 saturated carbocycles. The van der Waals surface area contributed by atoms with Gasteiger partial charge in [0, 0.05) is 19.6 Å². The first-order valence-corrected chi connectivity index (χ1v) is 12.1. The molecule has 1 aliphatic heterocycles. The molecule has 2 aromatic rings. The largest absolute Gasteiger partial charge is 0.497 e. The van der Waals surface area contributed by atoms with Gasteiger partial charge >= 0.3 is 0 Å². The van der Waals surface area contributed by atoms with Crippen LogP contribution in [-0.2, 0) is 21.2 Å². The fourth-order valence-electron chi connectivity index (χ4n) is 3.48. The van der Waals surface area contributed by atoms with Gasteiger partial charge in [-0.05, 0) is 61.2 Å². The van der Waals surface area contributed by atoms with E-state index in [1.807, 2.05) is 24.3 Å². The van der Waals surface area contributed by atoms with Crippen LogP contribution in [0, 0.1) is 0 Å². The Morgan fingerprint density at radius 3 is 2.16 bits per heavy atom. The lowest BCUT2D eigenvalue weighted by molar-refractivity contribution is -0.123. The lowest BCUT2D eigenvalue weighted by Gasteiger charge is -2.20. The molecule has 0 radical (unpaired) electrons. The summed E-state index contributed by atoms with van der Waals surface area (Å²) >= 11 is 0. The number of carbonyl (C=O) groups excluding carboxylic acids is 1. The second-order valence-corrected chi connectivity index (χ2v) is 9.46. The molecule has 31 heavy (non-hydrogen) atoms. The Morgan fingerprint density at radius 2 is 1.55 bits per heavy atom. The molecule has 168 valence electrons. The van der Waals surface area contributed by atoms with Crippen LogP contribution in [0.5, 0.6) is 11.5 Å². The highest BCUT2D eigenvalue weighted by Crippen LogP contribution is 2.22. The van der Waals surface area contributed by atoms with E-state index in [0.717, 1.165) is 37.0 Å². The Labute approximate surface area is 184 Å². The number of carbonyl (C=O) groups is 1. The smallest absolute Gasteiger partial charge is 0.257 e. The van der Waals surface area contributed by atoms with Crippen LogP contribution in [0.3, 0.4) is 0 Å². The second-order valence-electron chi connectivity index (χ2n) is 7.53. The summed E-state index contributed by atoms with van der Waals surface area (Å²) in [7, 11) is -1.86. The maximum atomic E-state index is 12.8. The van der Waals surface area contributed by atoms with E-state index in [-0.39, 0.29) is 17.4 Å². The first-order chi connectivity index (χ1) is 15.0. The van der Waals surface area contributed by atoms with E-state index in [9.17, 15) is 13.2 Å². The van der Waals surface area contributed by atoms with Crippen molar-refractivity contribution >= 4 is 15.9 Å². The molecule has 1 aliphatic rings. The van der Waals surface area contributed by atoms with Crippen molar-refractivity contribution in [3.05, 3.63) is 54.1 Å². The fourth-order valence-corrected chi connectivity index (χ4v) is 4.99. The van der Waals surface area contributed by atoms with Crippen molar-refractivity contribution in [3.63, 3.8) is 0 Å². The van der Waals surface area contributed by atoms with Gasteiger partial charge in [0.25, 0.3) is 5.91 Å². The molecule has 0 bridgehead atoms. The molecule has 1 saturated heterocycles. The third-order valence-electron chi connectivity index (χ3n) is 5.29. The van der Waals surface area contributed by atoms with Gasteiger partial charge in [0.15, 0.2) is 6.61 Å². The molecule has 1 heterocycles. The van der Waals surface area contributed by atoms with Crippen LogP contribution >= 0.6 is 0 Å². The molecule has 3 rings (SSSR count). The lowest BCUT2D eigenvalue weighted by atomic mass is 10.1. The average molecular weight is 447 g/mol. The highest BCUT2D eigenvalue weighted by Gasteiger charge is 2.25. The maximum absolute atomic E-state index is 12.8. The van der Waals surface area contributed by atoms with Crippen LogP contribution in [0.4, 0.5) is 0 Å². The summed E-state index contributed by atoms with van der Waals surface area (Å²) in [6, 6.07) is 14.0. The molecule has 7 nitrogen and oxygen atoms in total. The Balaban J connectivity index is 1.44. The third-order valence-corrected chi connectivity index (χ3v) is 7.20. The van der Waals surface area contributed by atoms with Crippen molar-refractivity contribution in [2.75, 3.05) is 33.4 Å². The first kappa shape index (κ1) is 23.1. The monoisotopic (exact) mass is 446 g/mol. The minimum atomic E-state index is -3.49.